The molecule has 0 aliphatic carbocycles. The van der Waals surface area contributed by atoms with Crippen LogP contribution in [0.2, 0.25) is 0 Å². The van der Waals surface area contributed by atoms with Gasteiger partial charge in [0.05, 0.1) is 12.3 Å². The molecule has 4 heteroatoms. The number of thiophene rings is 1. The quantitative estimate of drug-likeness (QED) is 0.748. The highest BCUT2D eigenvalue weighted by Gasteiger charge is 2.18. The summed E-state index contributed by atoms with van der Waals surface area (Å²) in [6.45, 7) is 2.02. The van der Waals surface area contributed by atoms with Crippen molar-refractivity contribution in [1.29, 1.82) is 0 Å². The van der Waals surface area contributed by atoms with Crippen molar-refractivity contribution < 1.29 is 4.42 Å². The minimum absolute atomic E-state index is 0.206. The van der Waals surface area contributed by atoms with Gasteiger partial charge < -0.3 is 10.2 Å². The fraction of sp³-hybridized carbons (Fsp3) is 0.143. The van der Waals surface area contributed by atoms with E-state index in [4.69, 9.17) is 10.2 Å². The van der Waals surface area contributed by atoms with Gasteiger partial charge in [-0.1, -0.05) is 12.1 Å². The molecule has 1 aromatic carbocycles. The predicted octanol–water partition coefficient (Wildman–Crippen LogP) is 4.61. The number of benzene rings is 1. The maximum atomic E-state index is 6.32. The Balaban J connectivity index is 2.16. The van der Waals surface area contributed by atoms with Crippen molar-refractivity contribution in [3.8, 4) is 0 Å². The number of aryl methyl sites for hydroxylation is 1. The Morgan fingerprint density at radius 1 is 1.33 bits per heavy atom. The van der Waals surface area contributed by atoms with Gasteiger partial charge in [0.25, 0.3) is 0 Å². The summed E-state index contributed by atoms with van der Waals surface area (Å²) >= 11 is 5.27. The molecule has 0 aliphatic rings. The molecule has 0 bridgehead atoms. The van der Waals surface area contributed by atoms with Gasteiger partial charge in [-0.05, 0) is 56.9 Å². The topological polar surface area (TPSA) is 39.2 Å². The van der Waals surface area contributed by atoms with E-state index in [-0.39, 0.29) is 6.04 Å². The Morgan fingerprint density at radius 2 is 2.17 bits per heavy atom. The van der Waals surface area contributed by atoms with Crippen molar-refractivity contribution in [3.05, 3.63) is 57.3 Å². The molecule has 0 fully saturated rings. The van der Waals surface area contributed by atoms with Gasteiger partial charge in [-0.2, -0.15) is 0 Å². The molecule has 1 atom stereocenters. The van der Waals surface area contributed by atoms with Gasteiger partial charge in [-0.25, -0.2) is 0 Å². The number of fused-ring (bicyclic) bond motifs is 1. The van der Waals surface area contributed by atoms with Crippen LogP contribution in [0.25, 0.3) is 10.1 Å². The van der Waals surface area contributed by atoms with Crippen molar-refractivity contribution in [2.75, 3.05) is 0 Å². The molecule has 1 unspecified atom stereocenters. The molecular formula is C14H12BrNOS. The molecule has 0 amide bonds. The van der Waals surface area contributed by atoms with Crippen molar-refractivity contribution in [2.24, 2.45) is 5.73 Å². The number of hydrogen-bond donors (Lipinski definition) is 1. The lowest BCUT2D eigenvalue weighted by Gasteiger charge is -2.09. The van der Waals surface area contributed by atoms with Gasteiger partial charge in [0.2, 0.25) is 0 Å². The van der Waals surface area contributed by atoms with Gasteiger partial charge in [-0.15, -0.1) is 11.3 Å². The van der Waals surface area contributed by atoms with Crippen LogP contribution in [0.4, 0.5) is 0 Å². The van der Waals surface area contributed by atoms with E-state index >= 15 is 0 Å². The second-order valence-corrected chi connectivity index (χ2v) is 5.99. The monoisotopic (exact) mass is 321 g/mol. The highest BCUT2D eigenvalue weighted by molar-refractivity contribution is 9.10. The van der Waals surface area contributed by atoms with E-state index in [1.807, 2.05) is 25.1 Å². The highest BCUT2D eigenvalue weighted by atomic mass is 79.9. The van der Waals surface area contributed by atoms with Gasteiger partial charge in [0.15, 0.2) is 0 Å². The second-order valence-electron chi connectivity index (χ2n) is 4.25. The lowest BCUT2D eigenvalue weighted by Crippen LogP contribution is -2.11. The number of halogens is 1. The zero-order valence-electron chi connectivity index (χ0n) is 9.81. The van der Waals surface area contributed by atoms with Crippen molar-refractivity contribution >= 4 is 37.4 Å². The first-order chi connectivity index (χ1) is 8.68. The van der Waals surface area contributed by atoms with Crippen LogP contribution in [-0.4, -0.2) is 0 Å². The Morgan fingerprint density at radius 3 is 2.89 bits per heavy atom. The van der Waals surface area contributed by atoms with Gasteiger partial charge >= 0.3 is 0 Å². The summed E-state index contributed by atoms with van der Waals surface area (Å²) < 4.78 is 7.84. The molecule has 2 heterocycles. The summed E-state index contributed by atoms with van der Waals surface area (Å²) in [6, 6.07) is 7.92. The van der Waals surface area contributed by atoms with Crippen LogP contribution in [0.3, 0.4) is 0 Å². The summed E-state index contributed by atoms with van der Waals surface area (Å²) in [5.74, 6) is 0.842. The summed E-state index contributed by atoms with van der Waals surface area (Å²) in [6.07, 6.45) is 1.69. The number of rotatable bonds is 2. The average Bonchev–Trinajstić information content (AvgIpc) is 2.95. The molecule has 2 N–H and O–H groups in total. The third-order valence-electron chi connectivity index (χ3n) is 3.10. The zero-order chi connectivity index (χ0) is 12.7. The van der Waals surface area contributed by atoms with Gasteiger partial charge in [0.1, 0.15) is 5.76 Å². The second kappa shape index (κ2) is 4.53. The van der Waals surface area contributed by atoms with Gasteiger partial charge in [0, 0.05) is 9.17 Å². The minimum atomic E-state index is -0.206. The van der Waals surface area contributed by atoms with Crippen molar-refractivity contribution in [2.45, 2.75) is 13.0 Å². The third kappa shape index (κ3) is 1.81. The fourth-order valence-corrected chi connectivity index (χ4v) is 3.79. The molecule has 0 saturated carbocycles. The zero-order valence-corrected chi connectivity index (χ0v) is 12.2. The average molecular weight is 322 g/mol. The summed E-state index contributed by atoms with van der Waals surface area (Å²) in [5, 5.41) is 3.31. The molecule has 92 valence electrons. The van der Waals surface area contributed by atoms with E-state index in [0.29, 0.717) is 0 Å². The first-order valence-electron chi connectivity index (χ1n) is 5.63. The molecule has 3 aromatic rings. The highest BCUT2D eigenvalue weighted by Crippen LogP contribution is 2.37. The lowest BCUT2D eigenvalue weighted by atomic mass is 10.0. The Kier molecular flexibility index (Phi) is 3.01. The van der Waals surface area contributed by atoms with Crippen LogP contribution in [0.1, 0.15) is 22.9 Å². The van der Waals surface area contributed by atoms with Crippen molar-refractivity contribution in [1.82, 2.24) is 0 Å². The summed E-state index contributed by atoms with van der Waals surface area (Å²) in [7, 11) is 0. The normalized spacial score (nSPS) is 13.1. The summed E-state index contributed by atoms with van der Waals surface area (Å²) in [5.41, 5.74) is 8.53. The molecule has 0 radical (unpaired) electrons. The lowest BCUT2D eigenvalue weighted by molar-refractivity contribution is 0.488. The maximum absolute atomic E-state index is 6.32. The molecule has 0 aliphatic heterocycles. The van der Waals surface area contributed by atoms with Crippen LogP contribution in [0, 0.1) is 6.92 Å². The molecule has 0 spiro atoms. The fourth-order valence-electron chi connectivity index (χ4n) is 2.13. The van der Waals surface area contributed by atoms with Crippen LogP contribution < -0.4 is 5.73 Å². The molecular weight excluding hydrogens is 310 g/mol. The van der Waals surface area contributed by atoms with E-state index in [2.05, 4.69) is 27.4 Å². The predicted molar refractivity (Wildman–Crippen MR) is 79.0 cm³/mol. The van der Waals surface area contributed by atoms with E-state index in [1.165, 1.54) is 10.1 Å². The molecule has 2 aromatic heterocycles. The van der Waals surface area contributed by atoms with Crippen LogP contribution in [0.15, 0.2) is 44.8 Å². The Hall–Kier alpha value is -1.10. The number of nitrogens with two attached hydrogens (primary N) is 1. The van der Waals surface area contributed by atoms with Crippen LogP contribution in [0.5, 0.6) is 0 Å². The van der Waals surface area contributed by atoms with E-state index in [1.54, 1.807) is 17.6 Å². The first-order valence-corrected chi connectivity index (χ1v) is 7.31. The first kappa shape index (κ1) is 12.0. The maximum Gasteiger partial charge on any atom is 0.127 e. The standard InChI is InChI=1S/C14H12BrNOS/c1-8-5-6-17-13(8)12(16)10-7-18-14-9(10)3-2-4-11(14)15/h2-7,12H,16H2,1H3. The molecule has 2 nitrogen and oxygen atoms in total. The third-order valence-corrected chi connectivity index (χ3v) is 5.07. The van der Waals surface area contributed by atoms with Gasteiger partial charge in [-0.3, -0.25) is 0 Å². The largest absolute Gasteiger partial charge is 0.467 e. The number of hydrogen-bond acceptors (Lipinski definition) is 3. The summed E-state index contributed by atoms with van der Waals surface area (Å²) in [4.78, 5) is 0. The molecule has 0 saturated heterocycles. The van der Waals surface area contributed by atoms with E-state index in [0.717, 1.165) is 21.4 Å². The Labute approximate surface area is 118 Å². The molecule has 3 rings (SSSR count). The smallest absolute Gasteiger partial charge is 0.127 e. The van der Waals surface area contributed by atoms with E-state index in [9.17, 15) is 0 Å². The van der Waals surface area contributed by atoms with Crippen LogP contribution >= 0.6 is 27.3 Å². The SMILES string of the molecule is Cc1ccoc1C(N)c1csc2c(Br)cccc12. The Bertz CT molecular complexity index is 701. The number of furan rings is 1. The van der Waals surface area contributed by atoms with E-state index < -0.39 is 0 Å². The van der Waals surface area contributed by atoms with Crippen LogP contribution in [-0.2, 0) is 0 Å². The van der Waals surface area contributed by atoms with Crippen molar-refractivity contribution in [3.63, 3.8) is 0 Å². The molecule has 18 heavy (non-hydrogen) atoms. The minimum Gasteiger partial charge on any atom is -0.467 e.